The number of aromatic amines is 1. The lowest BCUT2D eigenvalue weighted by atomic mass is 9.98. The first-order valence-corrected chi connectivity index (χ1v) is 8.81. The van der Waals surface area contributed by atoms with Crippen LogP contribution in [0.15, 0.2) is 16.9 Å². The molecule has 116 valence electrons. The molecule has 2 aromatic rings. The lowest BCUT2D eigenvalue weighted by molar-refractivity contribution is 0.189. The molecule has 4 rings (SSSR count). The number of rotatable bonds is 2. The summed E-state index contributed by atoms with van der Waals surface area (Å²) in [6, 6.07) is 5.46. The van der Waals surface area contributed by atoms with Gasteiger partial charge in [0.25, 0.3) is 5.56 Å². The maximum Gasteiger partial charge on any atom is 0.254 e. The van der Waals surface area contributed by atoms with E-state index >= 15 is 0 Å². The van der Waals surface area contributed by atoms with Crippen molar-refractivity contribution in [1.82, 2.24) is 14.9 Å². The van der Waals surface area contributed by atoms with Crippen molar-refractivity contribution in [3.8, 4) is 0 Å². The summed E-state index contributed by atoms with van der Waals surface area (Å²) in [5.41, 5.74) is 2.02. The summed E-state index contributed by atoms with van der Waals surface area (Å²) in [5, 5.41) is 0. The summed E-state index contributed by atoms with van der Waals surface area (Å²) >= 11 is 1.88. The quantitative estimate of drug-likeness (QED) is 0.926. The predicted octanol–water partition coefficient (Wildman–Crippen LogP) is 2.58. The van der Waals surface area contributed by atoms with Crippen molar-refractivity contribution in [2.24, 2.45) is 0 Å². The highest BCUT2D eigenvalue weighted by Crippen LogP contribution is 2.34. The molecule has 1 fully saturated rings. The van der Waals surface area contributed by atoms with E-state index in [-0.39, 0.29) is 5.56 Å². The number of H-pyrrole nitrogens is 1. The topological polar surface area (TPSA) is 49.0 Å². The number of nitrogens with zero attached hydrogens (tertiary/aromatic N) is 2. The van der Waals surface area contributed by atoms with Gasteiger partial charge >= 0.3 is 0 Å². The van der Waals surface area contributed by atoms with E-state index in [1.807, 2.05) is 18.3 Å². The molecule has 0 spiro atoms. The Bertz CT molecular complexity index is 764. The van der Waals surface area contributed by atoms with E-state index in [9.17, 15) is 4.79 Å². The summed E-state index contributed by atoms with van der Waals surface area (Å²) in [6.45, 7) is 5.04. The number of fused-ring (bicyclic) bond motifs is 3. The fraction of sp³-hybridized carbons (Fsp3) is 0.529. The highest BCUT2D eigenvalue weighted by Gasteiger charge is 2.38. The summed E-state index contributed by atoms with van der Waals surface area (Å²) in [5.74, 6) is 0.738. The standard InChI is InChI=1S/C17H21N3OS/c1-10-3-6-14(22-10)9-20-12-4-5-13(20)8-16-15(7-12)17(21)19-11(2)18-16/h3,6,12-13H,4-5,7-9H2,1-2H3,(H,18,19,21)/t12-,13-/m1/s1. The van der Waals surface area contributed by atoms with Crippen LogP contribution >= 0.6 is 11.3 Å². The first-order valence-electron chi connectivity index (χ1n) is 8.00. The number of hydrogen-bond acceptors (Lipinski definition) is 4. The zero-order valence-electron chi connectivity index (χ0n) is 13.1. The molecular formula is C17H21N3OS. The Kier molecular flexibility index (Phi) is 3.42. The predicted molar refractivity (Wildman–Crippen MR) is 88.4 cm³/mol. The van der Waals surface area contributed by atoms with Crippen LogP contribution in [0.4, 0.5) is 0 Å². The minimum atomic E-state index is 0.0713. The lowest BCUT2D eigenvalue weighted by Gasteiger charge is -2.27. The van der Waals surface area contributed by atoms with Crippen LogP contribution in [0.3, 0.4) is 0 Å². The second-order valence-corrected chi connectivity index (χ2v) is 7.93. The Balaban J connectivity index is 1.66. The molecular weight excluding hydrogens is 294 g/mol. The number of aryl methyl sites for hydroxylation is 2. The van der Waals surface area contributed by atoms with Crippen molar-refractivity contribution in [3.05, 3.63) is 49.3 Å². The molecule has 4 heterocycles. The summed E-state index contributed by atoms with van der Waals surface area (Å²) in [6.07, 6.45) is 4.18. The van der Waals surface area contributed by atoms with Crippen molar-refractivity contribution in [3.63, 3.8) is 0 Å². The Hall–Kier alpha value is -1.46. The van der Waals surface area contributed by atoms with E-state index in [1.165, 1.54) is 22.6 Å². The Morgan fingerprint density at radius 1 is 1.27 bits per heavy atom. The molecule has 0 aromatic carbocycles. The fourth-order valence-corrected chi connectivity index (χ4v) is 4.87. The monoisotopic (exact) mass is 315 g/mol. The molecule has 0 amide bonds. The summed E-state index contributed by atoms with van der Waals surface area (Å²) in [4.78, 5) is 25.2. The smallest absolute Gasteiger partial charge is 0.254 e. The fourth-order valence-electron chi connectivity index (χ4n) is 3.97. The minimum Gasteiger partial charge on any atom is -0.311 e. The molecule has 0 radical (unpaired) electrons. The molecule has 2 bridgehead atoms. The van der Waals surface area contributed by atoms with Crippen LogP contribution < -0.4 is 5.56 Å². The zero-order valence-corrected chi connectivity index (χ0v) is 13.9. The average molecular weight is 315 g/mol. The van der Waals surface area contributed by atoms with Gasteiger partial charge < -0.3 is 4.98 Å². The Morgan fingerprint density at radius 2 is 2.05 bits per heavy atom. The number of thiophene rings is 1. The highest BCUT2D eigenvalue weighted by molar-refractivity contribution is 7.11. The Morgan fingerprint density at radius 3 is 2.77 bits per heavy atom. The number of aromatic nitrogens is 2. The maximum absolute atomic E-state index is 12.3. The van der Waals surface area contributed by atoms with E-state index in [4.69, 9.17) is 0 Å². The van der Waals surface area contributed by atoms with Gasteiger partial charge in [-0.15, -0.1) is 11.3 Å². The van der Waals surface area contributed by atoms with E-state index in [2.05, 4.69) is 33.9 Å². The zero-order chi connectivity index (χ0) is 15.3. The molecule has 2 atom stereocenters. The lowest BCUT2D eigenvalue weighted by Crippen LogP contribution is -2.36. The summed E-state index contributed by atoms with van der Waals surface area (Å²) < 4.78 is 0. The second-order valence-electron chi connectivity index (χ2n) is 6.55. The van der Waals surface area contributed by atoms with E-state index in [1.54, 1.807) is 0 Å². The van der Waals surface area contributed by atoms with Gasteiger partial charge in [-0.1, -0.05) is 0 Å². The minimum absolute atomic E-state index is 0.0713. The van der Waals surface area contributed by atoms with Crippen molar-refractivity contribution < 1.29 is 0 Å². The van der Waals surface area contributed by atoms with Gasteiger partial charge in [0.1, 0.15) is 5.82 Å². The van der Waals surface area contributed by atoms with Gasteiger partial charge in [0.15, 0.2) is 0 Å². The van der Waals surface area contributed by atoms with Crippen molar-refractivity contribution in [2.45, 2.75) is 58.2 Å². The molecule has 22 heavy (non-hydrogen) atoms. The maximum atomic E-state index is 12.3. The van der Waals surface area contributed by atoms with Gasteiger partial charge in [-0.05, 0) is 45.2 Å². The third-order valence-corrected chi connectivity index (χ3v) is 5.98. The highest BCUT2D eigenvalue weighted by atomic mass is 32.1. The van der Waals surface area contributed by atoms with Crippen molar-refractivity contribution >= 4 is 11.3 Å². The molecule has 2 aliphatic rings. The molecule has 1 N–H and O–H groups in total. The van der Waals surface area contributed by atoms with E-state index in [0.717, 1.165) is 36.5 Å². The van der Waals surface area contributed by atoms with Crippen LogP contribution in [0.25, 0.3) is 0 Å². The molecule has 0 saturated carbocycles. The van der Waals surface area contributed by atoms with Gasteiger partial charge in [-0.3, -0.25) is 9.69 Å². The molecule has 5 heteroatoms. The largest absolute Gasteiger partial charge is 0.311 e. The van der Waals surface area contributed by atoms with Gasteiger partial charge in [0.2, 0.25) is 0 Å². The molecule has 1 saturated heterocycles. The van der Waals surface area contributed by atoms with Gasteiger partial charge in [0, 0.05) is 40.4 Å². The third kappa shape index (κ3) is 2.42. The van der Waals surface area contributed by atoms with Crippen molar-refractivity contribution in [1.29, 1.82) is 0 Å². The Labute approximate surface area is 134 Å². The molecule has 2 aliphatic heterocycles. The average Bonchev–Trinajstić information content (AvgIpc) is 2.96. The first-order chi connectivity index (χ1) is 10.6. The molecule has 0 aliphatic carbocycles. The van der Waals surface area contributed by atoms with Gasteiger partial charge in [-0.25, -0.2) is 4.98 Å². The normalized spacial score (nSPS) is 24.3. The van der Waals surface area contributed by atoms with Crippen molar-refractivity contribution in [2.75, 3.05) is 0 Å². The van der Waals surface area contributed by atoms with E-state index in [0.29, 0.717) is 12.1 Å². The third-order valence-electron chi connectivity index (χ3n) is 4.99. The molecule has 2 aromatic heterocycles. The van der Waals surface area contributed by atoms with E-state index < -0.39 is 0 Å². The van der Waals surface area contributed by atoms with Crippen LogP contribution in [-0.4, -0.2) is 27.0 Å². The number of hydrogen-bond donors (Lipinski definition) is 1. The van der Waals surface area contributed by atoms with Crippen LogP contribution in [0.2, 0.25) is 0 Å². The van der Waals surface area contributed by atoms with Crippen LogP contribution in [0, 0.1) is 13.8 Å². The number of nitrogens with one attached hydrogen (secondary N) is 1. The van der Waals surface area contributed by atoms with Crippen LogP contribution in [0.5, 0.6) is 0 Å². The van der Waals surface area contributed by atoms with Crippen LogP contribution in [-0.2, 0) is 19.4 Å². The molecule has 0 unspecified atom stereocenters. The summed E-state index contributed by atoms with van der Waals surface area (Å²) in [7, 11) is 0. The SMILES string of the molecule is Cc1nc2c(c(=O)[nH]1)C[C@H]1CC[C@H](C2)N1Cc1ccc(C)s1. The first kappa shape index (κ1) is 14.2. The van der Waals surface area contributed by atoms with Crippen LogP contribution in [0.1, 0.15) is 39.7 Å². The molecule has 4 nitrogen and oxygen atoms in total. The van der Waals surface area contributed by atoms with Gasteiger partial charge in [-0.2, -0.15) is 0 Å². The second kappa shape index (κ2) is 5.32. The van der Waals surface area contributed by atoms with Gasteiger partial charge in [0.05, 0.1) is 5.69 Å².